The zero-order valence-corrected chi connectivity index (χ0v) is 10.9. The average molecular weight is 313 g/mol. The van der Waals surface area contributed by atoms with Crippen LogP contribution in [0.4, 0.5) is 4.39 Å². The van der Waals surface area contributed by atoms with E-state index in [2.05, 4.69) is 4.98 Å². The summed E-state index contributed by atoms with van der Waals surface area (Å²) >= 11 is 10.4. The molecular weight excluding hydrogens is 303 g/mol. The van der Waals surface area contributed by atoms with E-state index in [-0.39, 0.29) is 9.79 Å². The van der Waals surface area contributed by atoms with Crippen LogP contribution in [-0.2, 0) is 4.74 Å². The maximum absolute atomic E-state index is 13.9. The van der Waals surface area contributed by atoms with E-state index in [1.54, 1.807) is 0 Å². The number of hydrogen-bond donors (Lipinski definition) is 4. The molecule has 0 unspecified atom stereocenters. The summed E-state index contributed by atoms with van der Waals surface area (Å²) in [5, 5.41) is 27.8. The predicted molar refractivity (Wildman–Crippen MR) is 64.0 cm³/mol. The second kappa shape index (κ2) is 4.93. The first-order chi connectivity index (χ1) is 8.80. The molecule has 0 radical (unpaired) electrons. The standard InChI is InChI=1S/C9H10ClFN2O5S/c10-3-1-13(8(19)12-6(3)17)7-4(15)5(16)9(11,2-14)18-7/h1,4-5,7,14-16H,2H2,(H,12,17,19)/t4-,5+,7-,9-/m1/s1. The van der Waals surface area contributed by atoms with Crippen molar-refractivity contribution in [1.82, 2.24) is 9.55 Å². The van der Waals surface area contributed by atoms with E-state index in [4.69, 9.17) is 33.7 Å². The van der Waals surface area contributed by atoms with Crippen LogP contribution in [0.1, 0.15) is 6.23 Å². The summed E-state index contributed by atoms with van der Waals surface area (Å²) in [4.78, 5) is 13.4. The molecule has 1 saturated heterocycles. The van der Waals surface area contributed by atoms with E-state index in [1.807, 2.05) is 0 Å². The third-order valence-electron chi connectivity index (χ3n) is 2.79. The molecule has 1 aromatic rings. The molecule has 0 spiro atoms. The Morgan fingerprint density at radius 2 is 2.26 bits per heavy atom. The number of nitrogens with zero attached hydrogens (tertiary/aromatic N) is 1. The molecule has 0 bridgehead atoms. The van der Waals surface area contributed by atoms with Gasteiger partial charge in [-0.1, -0.05) is 11.6 Å². The van der Waals surface area contributed by atoms with Gasteiger partial charge >= 0.3 is 0 Å². The van der Waals surface area contributed by atoms with Gasteiger partial charge in [0.05, 0.1) is 0 Å². The van der Waals surface area contributed by atoms with Gasteiger partial charge in [-0.15, -0.1) is 0 Å². The Morgan fingerprint density at radius 3 is 2.79 bits per heavy atom. The van der Waals surface area contributed by atoms with Crippen molar-refractivity contribution in [3.63, 3.8) is 0 Å². The lowest BCUT2D eigenvalue weighted by Gasteiger charge is -2.20. The molecule has 0 amide bonds. The molecule has 4 atom stereocenters. The number of H-pyrrole nitrogens is 1. The number of ether oxygens (including phenoxy) is 1. The lowest BCUT2D eigenvalue weighted by Crippen LogP contribution is -2.42. The topological polar surface area (TPSA) is 108 Å². The molecular formula is C9H10ClFN2O5S. The Balaban J connectivity index is 2.47. The Hall–Kier alpha value is -0.840. The van der Waals surface area contributed by atoms with Crippen molar-refractivity contribution in [2.24, 2.45) is 0 Å². The molecule has 0 aromatic carbocycles. The average Bonchev–Trinajstić information content (AvgIpc) is 2.59. The molecule has 1 aromatic heterocycles. The van der Waals surface area contributed by atoms with E-state index in [0.717, 1.165) is 10.8 Å². The van der Waals surface area contributed by atoms with Crippen molar-refractivity contribution in [3.05, 3.63) is 26.3 Å². The van der Waals surface area contributed by atoms with Crippen LogP contribution < -0.4 is 5.56 Å². The molecule has 1 aliphatic rings. The largest absolute Gasteiger partial charge is 0.390 e. The van der Waals surface area contributed by atoms with Crippen molar-refractivity contribution in [2.75, 3.05) is 6.61 Å². The minimum absolute atomic E-state index is 0.173. The van der Waals surface area contributed by atoms with Crippen LogP contribution >= 0.6 is 23.8 Å². The lowest BCUT2D eigenvalue weighted by molar-refractivity contribution is -0.207. The molecule has 2 heterocycles. The number of nitrogens with one attached hydrogen (secondary N) is 1. The summed E-state index contributed by atoms with van der Waals surface area (Å²) in [5.41, 5.74) is -0.648. The van der Waals surface area contributed by atoms with Crippen molar-refractivity contribution >= 4 is 23.8 Å². The molecule has 106 valence electrons. The minimum atomic E-state index is -2.82. The van der Waals surface area contributed by atoms with E-state index in [1.165, 1.54) is 0 Å². The Bertz CT molecular complexity index is 607. The number of aromatic amines is 1. The van der Waals surface area contributed by atoms with E-state index < -0.39 is 36.5 Å². The van der Waals surface area contributed by atoms with Gasteiger partial charge in [0.25, 0.3) is 11.4 Å². The second-order valence-electron chi connectivity index (χ2n) is 4.03. The maximum Gasteiger partial charge on any atom is 0.270 e. The number of rotatable bonds is 2. The van der Waals surface area contributed by atoms with Gasteiger partial charge in [-0.2, -0.15) is 0 Å². The highest BCUT2D eigenvalue weighted by Gasteiger charge is 2.55. The van der Waals surface area contributed by atoms with Gasteiger partial charge in [-0.25, -0.2) is 4.39 Å². The smallest absolute Gasteiger partial charge is 0.270 e. The number of aromatic nitrogens is 2. The molecule has 0 aliphatic carbocycles. The summed E-state index contributed by atoms with van der Waals surface area (Å²) in [7, 11) is 0. The number of alkyl halides is 1. The SMILES string of the molecule is O=c1[nH]c(=S)n([C@@H]2O[C@](F)(CO)[C@@H](O)[C@H]2O)cc1Cl. The molecule has 1 aliphatic heterocycles. The Labute approximate surface area is 115 Å². The van der Waals surface area contributed by atoms with Gasteiger partial charge in [0, 0.05) is 6.20 Å². The van der Waals surface area contributed by atoms with E-state index in [0.29, 0.717) is 0 Å². The van der Waals surface area contributed by atoms with Gasteiger partial charge in [-0.05, 0) is 12.2 Å². The van der Waals surface area contributed by atoms with E-state index >= 15 is 0 Å². The van der Waals surface area contributed by atoms with Crippen LogP contribution in [0, 0.1) is 4.77 Å². The summed E-state index contributed by atoms with van der Waals surface area (Å²) in [6.07, 6.45) is -4.03. The van der Waals surface area contributed by atoms with Crippen LogP contribution in [0.5, 0.6) is 0 Å². The van der Waals surface area contributed by atoms with Gasteiger partial charge in [0.15, 0.2) is 11.0 Å². The summed E-state index contributed by atoms with van der Waals surface area (Å²) in [6, 6.07) is 0. The van der Waals surface area contributed by atoms with Gasteiger partial charge < -0.3 is 20.1 Å². The zero-order valence-electron chi connectivity index (χ0n) is 9.29. The van der Waals surface area contributed by atoms with Crippen molar-refractivity contribution in [2.45, 2.75) is 24.3 Å². The summed E-state index contributed by atoms with van der Waals surface area (Å²) in [6.45, 7) is -1.15. The fraction of sp³-hybridized carbons (Fsp3) is 0.556. The van der Waals surface area contributed by atoms with Gasteiger partial charge in [0.2, 0.25) is 0 Å². The highest BCUT2D eigenvalue weighted by molar-refractivity contribution is 7.71. The molecule has 19 heavy (non-hydrogen) atoms. The first-order valence-corrected chi connectivity index (χ1v) is 5.93. The lowest BCUT2D eigenvalue weighted by atomic mass is 10.1. The van der Waals surface area contributed by atoms with Crippen LogP contribution in [0.15, 0.2) is 11.0 Å². The van der Waals surface area contributed by atoms with Gasteiger partial charge in [-0.3, -0.25) is 14.3 Å². The number of aliphatic hydroxyl groups is 3. The molecule has 1 fully saturated rings. The van der Waals surface area contributed by atoms with Gasteiger partial charge in [0.1, 0.15) is 23.8 Å². The highest BCUT2D eigenvalue weighted by Crippen LogP contribution is 2.38. The third-order valence-corrected chi connectivity index (χ3v) is 3.37. The van der Waals surface area contributed by atoms with Crippen LogP contribution in [0.3, 0.4) is 0 Å². The maximum atomic E-state index is 13.9. The second-order valence-corrected chi connectivity index (χ2v) is 4.83. The monoisotopic (exact) mass is 312 g/mol. The fourth-order valence-corrected chi connectivity index (χ4v) is 2.15. The van der Waals surface area contributed by atoms with Crippen LogP contribution in [-0.4, -0.2) is 49.5 Å². The number of hydrogen-bond acceptors (Lipinski definition) is 6. The fourth-order valence-electron chi connectivity index (χ4n) is 1.75. The Kier molecular flexibility index (Phi) is 3.78. The first-order valence-electron chi connectivity index (χ1n) is 5.15. The summed E-state index contributed by atoms with van der Waals surface area (Å²) in [5.74, 6) is -2.82. The minimum Gasteiger partial charge on any atom is -0.390 e. The quantitative estimate of drug-likeness (QED) is 0.547. The Morgan fingerprint density at radius 1 is 1.63 bits per heavy atom. The van der Waals surface area contributed by atoms with Crippen molar-refractivity contribution in [3.8, 4) is 0 Å². The third kappa shape index (κ3) is 2.33. The van der Waals surface area contributed by atoms with Crippen molar-refractivity contribution in [1.29, 1.82) is 0 Å². The highest BCUT2D eigenvalue weighted by atomic mass is 35.5. The van der Waals surface area contributed by atoms with Crippen LogP contribution in [0.25, 0.3) is 0 Å². The normalized spacial score (nSPS) is 34.7. The zero-order chi connectivity index (χ0) is 14.4. The van der Waals surface area contributed by atoms with Crippen LogP contribution in [0.2, 0.25) is 5.02 Å². The molecule has 7 nitrogen and oxygen atoms in total. The van der Waals surface area contributed by atoms with E-state index in [9.17, 15) is 19.4 Å². The molecule has 0 saturated carbocycles. The summed E-state index contributed by atoms with van der Waals surface area (Å²) < 4.78 is 19.5. The number of halogens is 2. The molecule has 4 N–H and O–H groups in total. The predicted octanol–water partition coefficient (Wildman–Crippen LogP) is -0.532. The number of aliphatic hydroxyl groups excluding tert-OH is 3. The first kappa shape index (κ1) is 14.6. The molecule has 2 rings (SSSR count). The van der Waals surface area contributed by atoms with Crippen molar-refractivity contribution < 1.29 is 24.4 Å². The molecule has 10 heteroatoms.